The van der Waals surface area contributed by atoms with Gasteiger partial charge in [0.25, 0.3) is 5.91 Å². The molecule has 6 nitrogen and oxygen atoms in total. The molecule has 1 atom stereocenters. The number of amides is 2. The second kappa shape index (κ2) is 6.47. The molecule has 1 aromatic heterocycles. The summed E-state index contributed by atoms with van der Waals surface area (Å²) in [5.41, 5.74) is 0.349. The lowest BCUT2D eigenvalue weighted by atomic mass is 10.1. The molecule has 1 saturated carbocycles. The average molecular weight is 327 g/mol. The highest BCUT2D eigenvalue weighted by atomic mass is 16.2. The van der Waals surface area contributed by atoms with Crippen molar-refractivity contribution in [1.29, 1.82) is 0 Å². The van der Waals surface area contributed by atoms with Crippen molar-refractivity contribution in [2.45, 2.75) is 25.8 Å². The van der Waals surface area contributed by atoms with Crippen LogP contribution in [0.5, 0.6) is 0 Å². The molecule has 6 heteroatoms. The molecule has 0 radical (unpaired) electrons. The summed E-state index contributed by atoms with van der Waals surface area (Å²) >= 11 is 0. The van der Waals surface area contributed by atoms with E-state index in [1.807, 2.05) is 13.0 Å². The van der Waals surface area contributed by atoms with Crippen LogP contribution in [0.2, 0.25) is 0 Å². The summed E-state index contributed by atoms with van der Waals surface area (Å²) in [6, 6.07) is 7.18. The molecule has 1 fully saturated rings. The number of aromatic nitrogens is 1. The van der Waals surface area contributed by atoms with Gasteiger partial charge in [0, 0.05) is 30.2 Å². The number of carbonyl (C=O) groups excluding carboxylic acids is 2. The number of aromatic amines is 1. The maximum Gasteiger partial charge on any atom is 0.257 e. The number of benzene rings is 1. The maximum absolute atomic E-state index is 12.4. The van der Waals surface area contributed by atoms with Gasteiger partial charge >= 0.3 is 0 Å². The van der Waals surface area contributed by atoms with Crippen LogP contribution < -0.4 is 10.7 Å². The quantitative estimate of drug-likeness (QED) is 0.873. The van der Waals surface area contributed by atoms with Gasteiger partial charge in [0.2, 0.25) is 11.3 Å². The summed E-state index contributed by atoms with van der Waals surface area (Å²) in [6.45, 7) is 1.91. The van der Waals surface area contributed by atoms with E-state index in [-0.39, 0.29) is 29.5 Å². The number of hydrogen-bond donors (Lipinski definition) is 2. The standard InChI is InChI=1S/C18H21N3O3/c1-11(12-7-8-12)21(2)16(22)10-20-18(24)14-9-19-15-6-4-3-5-13(15)17(14)23/h3-6,9,11-12H,7-8,10H2,1-2H3,(H,19,23)(H,20,24). The Bertz CT molecular complexity index is 839. The Morgan fingerprint density at radius 1 is 1.33 bits per heavy atom. The van der Waals surface area contributed by atoms with Gasteiger partial charge in [-0.15, -0.1) is 0 Å². The van der Waals surface area contributed by atoms with Crippen LogP contribution in [0.4, 0.5) is 0 Å². The van der Waals surface area contributed by atoms with Gasteiger partial charge in [-0.1, -0.05) is 12.1 Å². The van der Waals surface area contributed by atoms with Gasteiger partial charge in [-0.25, -0.2) is 0 Å². The fourth-order valence-corrected chi connectivity index (χ4v) is 2.83. The number of rotatable bonds is 5. The summed E-state index contributed by atoms with van der Waals surface area (Å²) in [4.78, 5) is 41.4. The van der Waals surface area contributed by atoms with E-state index in [1.165, 1.54) is 6.20 Å². The number of pyridine rings is 1. The molecule has 2 amide bonds. The molecule has 1 heterocycles. The van der Waals surface area contributed by atoms with Crippen molar-refractivity contribution < 1.29 is 9.59 Å². The fourth-order valence-electron chi connectivity index (χ4n) is 2.83. The second-order valence-electron chi connectivity index (χ2n) is 6.34. The molecule has 0 saturated heterocycles. The molecule has 3 rings (SSSR count). The van der Waals surface area contributed by atoms with Gasteiger partial charge in [-0.2, -0.15) is 0 Å². The highest BCUT2D eigenvalue weighted by Gasteiger charge is 2.32. The van der Waals surface area contributed by atoms with Crippen LogP contribution in [-0.2, 0) is 4.79 Å². The minimum Gasteiger partial charge on any atom is -0.360 e. The molecule has 0 spiro atoms. The summed E-state index contributed by atoms with van der Waals surface area (Å²) < 4.78 is 0. The molecule has 2 N–H and O–H groups in total. The third-order valence-electron chi connectivity index (χ3n) is 4.74. The van der Waals surface area contributed by atoms with E-state index in [1.54, 1.807) is 30.1 Å². The SMILES string of the molecule is CC(C1CC1)N(C)C(=O)CNC(=O)c1c[nH]c2ccccc2c1=O. The van der Waals surface area contributed by atoms with Gasteiger partial charge < -0.3 is 15.2 Å². The van der Waals surface area contributed by atoms with Crippen LogP contribution in [-0.4, -0.2) is 41.3 Å². The lowest BCUT2D eigenvalue weighted by Crippen LogP contribution is -2.43. The summed E-state index contributed by atoms with van der Waals surface area (Å²) in [7, 11) is 1.75. The van der Waals surface area contributed by atoms with Gasteiger partial charge in [-0.3, -0.25) is 14.4 Å². The molecule has 0 aliphatic heterocycles. The smallest absolute Gasteiger partial charge is 0.257 e. The first-order valence-corrected chi connectivity index (χ1v) is 8.13. The second-order valence-corrected chi connectivity index (χ2v) is 6.34. The van der Waals surface area contributed by atoms with Crippen LogP contribution in [0.1, 0.15) is 30.1 Å². The van der Waals surface area contributed by atoms with E-state index < -0.39 is 5.91 Å². The molecule has 1 unspecified atom stereocenters. The minimum atomic E-state index is -0.539. The van der Waals surface area contributed by atoms with Crippen LogP contribution in [0.15, 0.2) is 35.3 Å². The van der Waals surface area contributed by atoms with Crippen molar-refractivity contribution >= 4 is 22.7 Å². The monoisotopic (exact) mass is 327 g/mol. The number of H-pyrrole nitrogens is 1. The van der Waals surface area contributed by atoms with E-state index in [9.17, 15) is 14.4 Å². The molecular weight excluding hydrogens is 306 g/mol. The van der Waals surface area contributed by atoms with Crippen LogP contribution >= 0.6 is 0 Å². The highest BCUT2D eigenvalue weighted by molar-refractivity contribution is 5.98. The Kier molecular flexibility index (Phi) is 4.38. The predicted molar refractivity (Wildman–Crippen MR) is 91.9 cm³/mol. The molecule has 1 aromatic carbocycles. The largest absolute Gasteiger partial charge is 0.360 e. The van der Waals surface area contributed by atoms with E-state index in [2.05, 4.69) is 10.3 Å². The normalized spacial score (nSPS) is 15.1. The van der Waals surface area contributed by atoms with E-state index in [0.717, 1.165) is 12.8 Å². The summed E-state index contributed by atoms with van der Waals surface area (Å²) in [6.07, 6.45) is 3.69. The number of fused-ring (bicyclic) bond motifs is 1. The Hall–Kier alpha value is -2.63. The molecule has 2 aromatic rings. The van der Waals surface area contributed by atoms with Crippen molar-refractivity contribution in [1.82, 2.24) is 15.2 Å². The summed E-state index contributed by atoms with van der Waals surface area (Å²) in [5.74, 6) is -0.124. The van der Waals surface area contributed by atoms with Crippen LogP contribution in [0.25, 0.3) is 10.9 Å². The van der Waals surface area contributed by atoms with Crippen molar-refractivity contribution in [3.63, 3.8) is 0 Å². The molecular formula is C18H21N3O3. The molecule has 1 aliphatic carbocycles. The Morgan fingerprint density at radius 3 is 2.75 bits per heavy atom. The van der Waals surface area contributed by atoms with Gasteiger partial charge in [-0.05, 0) is 37.8 Å². The highest BCUT2D eigenvalue weighted by Crippen LogP contribution is 2.34. The van der Waals surface area contributed by atoms with E-state index >= 15 is 0 Å². The zero-order valence-corrected chi connectivity index (χ0v) is 13.8. The number of hydrogen-bond acceptors (Lipinski definition) is 3. The third-order valence-corrected chi connectivity index (χ3v) is 4.74. The van der Waals surface area contributed by atoms with E-state index in [0.29, 0.717) is 16.8 Å². The number of nitrogens with zero attached hydrogens (tertiary/aromatic N) is 1. The minimum absolute atomic E-state index is 0.0133. The van der Waals surface area contributed by atoms with Crippen molar-refractivity contribution in [2.24, 2.45) is 5.92 Å². The van der Waals surface area contributed by atoms with Crippen molar-refractivity contribution in [3.8, 4) is 0 Å². The van der Waals surface area contributed by atoms with Crippen molar-refractivity contribution in [2.75, 3.05) is 13.6 Å². The third kappa shape index (κ3) is 3.18. The summed E-state index contributed by atoms with van der Waals surface area (Å²) in [5, 5.41) is 3.00. The predicted octanol–water partition coefficient (Wildman–Crippen LogP) is 1.51. The number of nitrogens with one attached hydrogen (secondary N) is 2. The Morgan fingerprint density at radius 2 is 2.04 bits per heavy atom. The van der Waals surface area contributed by atoms with Crippen LogP contribution in [0.3, 0.4) is 0 Å². The number of carbonyl (C=O) groups is 2. The average Bonchev–Trinajstić information content (AvgIpc) is 3.43. The van der Waals surface area contributed by atoms with Gasteiger partial charge in [0.15, 0.2) is 0 Å². The number of likely N-dealkylation sites (N-methyl/N-ethyl adjacent to an activating group) is 1. The van der Waals surface area contributed by atoms with Gasteiger partial charge in [0.1, 0.15) is 5.56 Å². The lowest BCUT2D eigenvalue weighted by Gasteiger charge is -2.25. The first-order valence-electron chi connectivity index (χ1n) is 8.13. The topological polar surface area (TPSA) is 82.3 Å². The molecule has 0 bridgehead atoms. The first-order chi connectivity index (χ1) is 11.5. The van der Waals surface area contributed by atoms with Crippen molar-refractivity contribution in [3.05, 3.63) is 46.2 Å². The lowest BCUT2D eigenvalue weighted by molar-refractivity contribution is -0.130. The Balaban J connectivity index is 1.68. The molecule has 126 valence electrons. The molecule has 24 heavy (non-hydrogen) atoms. The zero-order chi connectivity index (χ0) is 17.3. The maximum atomic E-state index is 12.4. The van der Waals surface area contributed by atoms with Gasteiger partial charge in [0.05, 0.1) is 6.54 Å². The fraction of sp³-hybridized carbons (Fsp3) is 0.389. The zero-order valence-electron chi connectivity index (χ0n) is 13.8. The molecule has 1 aliphatic rings. The first kappa shape index (κ1) is 16.2. The van der Waals surface area contributed by atoms with Crippen LogP contribution in [0, 0.1) is 5.92 Å². The van der Waals surface area contributed by atoms with E-state index in [4.69, 9.17) is 0 Å². The number of para-hydroxylation sites is 1. The Labute approximate surface area is 139 Å².